The fourth-order valence-electron chi connectivity index (χ4n) is 3.11. The second kappa shape index (κ2) is 6.44. The van der Waals surface area contributed by atoms with E-state index in [1.165, 1.54) is 45.1 Å². The summed E-state index contributed by atoms with van der Waals surface area (Å²) in [5.74, 6) is 0.734. The standard InChI is InChI=1S/C14H27NOS/c1-12(13-6-9-16-10-13)15-11-14(17-2)7-4-3-5-8-14/h12-13,15H,3-11H2,1-2H3. The molecule has 1 saturated carbocycles. The van der Waals surface area contributed by atoms with Crippen molar-refractivity contribution in [3.8, 4) is 0 Å². The van der Waals surface area contributed by atoms with Gasteiger partial charge in [-0.3, -0.25) is 0 Å². The molecule has 0 aromatic rings. The molecule has 0 spiro atoms. The maximum atomic E-state index is 5.48. The summed E-state index contributed by atoms with van der Waals surface area (Å²) in [5, 5.41) is 3.79. The van der Waals surface area contributed by atoms with Gasteiger partial charge in [0.2, 0.25) is 0 Å². The number of hydrogen-bond donors (Lipinski definition) is 1. The molecule has 0 aromatic heterocycles. The fraction of sp³-hybridized carbons (Fsp3) is 1.00. The Hall–Kier alpha value is 0.270. The largest absolute Gasteiger partial charge is 0.381 e. The summed E-state index contributed by atoms with van der Waals surface area (Å²) >= 11 is 2.08. The van der Waals surface area contributed by atoms with E-state index in [0.717, 1.165) is 19.1 Å². The predicted octanol–water partition coefficient (Wildman–Crippen LogP) is 3.07. The van der Waals surface area contributed by atoms with Gasteiger partial charge >= 0.3 is 0 Å². The molecule has 2 fully saturated rings. The second-order valence-electron chi connectivity index (χ2n) is 5.74. The van der Waals surface area contributed by atoms with Crippen molar-refractivity contribution >= 4 is 11.8 Å². The molecule has 0 radical (unpaired) electrons. The summed E-state index contributed by atoms with van der Waals surface area (Å²) in [6, 6.07) is 0.614. The Kier molecular flexibility index (Phi) is 5.19. The van der Waals surface area contributed by atoms with E-state index in [-0.39, 0.29) is 0 Å². The fourth-order valence-corrected chi connectivity index (χ4v) is 4.03. The molecule has 1 N–H and O–H groups in total. The molecule has 2 atom stereocenters. The first kappa shape index (κ1) is 13.7. The van der Waals surface area contributed by atoms with Crippen LogP contribution in [0.4, 0.5) is 0 Å². The summed E-state index contributed by atoms with van der Waals surface area (Å²) in [6.07, 6.45) is 10.6. The van der Waals surface area contributed by atoms with Crippen LogP contribution in [0.2, 0.25) is 0 Å². The van der Waals surface area contributed by atoms with Crippen LogP contribution < -0.4 is 5.32 Å². The maximum Gasteiger partial charge on any atom is 0.0509 e. The van der Waals surface area contributed by atoms with Crippen LogP contribution in [0.3, 0.4) is 0 Å². The number of rotatable bonds is 5. The monoisotopic (exact) mass is 257 g/mol. The molecule has 100 valence electrons. The topological polar surface area (TPSA) is 21.3 Å². The van der Waals surface area contributed by atoms with Gasteiger partial charge in [0.1, 0.15) is 0 Å². The van der Waals surface area contributed by atoms with Crippen molar-refractivity contribution in [1.29, 1.82) is 0 Å². The zero-order valence-corrected chi connectivity index (χ0v) is 12.2. The van der Waals surface area contributed by atoms with Crippen molar-refractivity contribution in [3.63, 3.8) is 0 Å². The minimum absolute atomic E-state index is 0.520. The number of thioether (sulfide) groups is 1. The second-order valence-corrected chi connectivity index (χ2v) is 7.02. The Morgan fingerprint density at radius 2 is 2.12 bits per heavy atom. The first-order valence-electron chi connectivity index (χ1n) is 7.12. The minimum Gasteiger partial charge on any atom is -0.381 e. The highest BCUT2D eigenvalue weighted by Gasteiger charge is 2.32. The van der Waals surface area contributed by atoms with Crippen molar-refractivity contribution in [2.45, 2.75) is 56.2 Å². The van der Waals surface area contributed by atoms with Crippen LogP contribution in [0.1, 0.15) is 45.4 Å². The Bertz CT molecular complexity index is 222. The Morgan fingerprint density at radius 1 is 1.35 bits per heavy atom. The molecule has 2 rings (SSSR count). The first-order valence-corrected chi connectivity index (χ1v) is 8.34. The molecule has 1 saturated heterocycles. The third kappa shape index (κ3) is 3.62. The highest BCUT2D eigenvalue weighted by molar-refractivity contribution is 8.00. The number of ether oxygens (including phenoxy) is 1. The molecule has 0 aromatic carbocycles. The van der Waals surface area contributed by atoms with Crippen molar-refractivity contribution in [3.05, 3.63) is 0 Å². The lowest BCUT2D eigenvalue weighted by atomic mass is 9.87. The Labute approximate surface area is 110 Å². The average molecular weight is 257 g/mol. The minimum atomic E-state index is 0.520. The van der Waals surface area contributed by atoms with E-state index in [0.29, 0.717) is 10.8 Å². The summed E-state index contributed by atoms with van der Waals surface area (Å²) in [5.41, 5.74) is 0. The molecule has 0 amide bonds. The van der Waals surface area contributed by atoms with E-state index in [2.05, 4.69) is 30.3 Å². The molecule has 2 aliphatic rings. The van der Waals surface area contributed by atoms with Gasteiger partial charge in [0.15, 0.2) is 0 Å². The zero-order valence-electron chi connectivity index (χ0n) is 11.3. The molecule has 1 aliphatic carbocycles. The van der Waals surface area contributed by atoms with Gasteiger partial charge < -0.3 is 10.1 Å². The molecular weight excluding hydrogens is 230 g/mol. The van der Waals surface area contributed by atoms with Crippen LogP contribution >= 0.6 is 11.8 Å². The van der Waals surface area contributed by atoms with Gasteiger partial charge in [0.05, 0.1) is 6.61 Å². The van der Waals surface area contributed by atoms with Crippen LogP contribution in [0.15, 0.2) is 0 Å². The van der Waals surface area contributed by atoms with Gasteiger partial charge in [0, 0.05) is 23.9 Å². The van der Waals surface area contributed by atoms with Gasteiger partial charge in [-0.1, -0.05) is 19.3 Å². The van der Waals surface area contributed by atoms with Crippen LogP contribution in [-0.4, -0.2) is 36.8 Å². The van der Waals surface area contributed by atoms with Crippen LogP contribution in [-0.2, 0) is 4.74 Å². The van der Waals surface area contributed by atoms with E-state index < -0.39 is 0 Å². The average Bonchev–Trinajstić information content (AvgIpc) is 2.91. The van der Waals surface area contributed by atoms with Crippen molar-refractivity contribution < 1.29 is 4.74 Å². The molecule has 2 unspecified atom stereocenters. The lowest BCUT2D eigenvalue weighted by molar-refractivity contribution is 0.177. The zero-order chi connectivity index (χ0) is 12.1. The van der Waals surface area contributed by atoms with E-state index in [4.69, 9.17) is 4.74 Å². The van der Waals surface area contributed by atoms with Gasteiger partial charge in [0.25, 0.3) is 0 Å². The van der Waals surface area contributed by atoms with Crippen LogP contribution in [0, 0.1) is 5.92 Å². The predicted molar refractivity (Wildman–Crippen MR) is 75.7 cm³/mol. The van der Waals surface area contributed by atoms with E-state index >= 15 is 0 Å². The first-order chi connectivity index (χ1) is 8.26. The van der Waals surface area contributed by atoms with Crippen molar-refractivity contribution in [2.24, 2.45) is 5.92 Å². The smallest absolute Gasteiger partial charge is 0.0509 e. The normalized spacial score (nSPS) is 30.4. The number of hydrogen-bond acceptors (Lipinski definition) is 3. The van der Waals surface area contributed by atoms with Gasteiger partial charge in [-0.25, -0.2) is 0 Å². The third-order valence-electron chi connectivity index (χ3n) is 4.62. The lowest BCUT2D eigenvalue weighted by Crippen LogP contribution is -2.45. The summed E-state index contributed by atoms with van der Waals surface area (Å²) in [4.78, 5) is 0. The summed E-state index contributed by atoms with van der Waals surface area (Å²) < 4.78 is 6.00. The molecule has 17 heavy (non-hydrogen) atoms. The van der Waals surface area contributed by atoms with Crippen LogP contribution in [0.5, 0.6) is 0 Å². The SMILES string of the molecule is CSC1(CNC(C)C2CCOC2)CCCCC1. The Morgan fingerprint density at radius 3 is 2.71 bits per heavy atom. The molecule has 1 aliphatic heterocycles. The van der Waals surface area contributed by atoms with E-state index in [9.17, 15) is 0 Å². The van der Waals surface area contributed by atoms with Crippen LogP contribution in [0.25, 0.3) is 0 Å². The van der Waals surface area contributed by atoms with E-state index in [1.807, 2.05) is 0 Å². The molecule has 0 bridgehead atoms. The highest BCUT2D eigenvalue weighted by Crippen LogP contribution is 2.38. The molecule has 2 nitrogen and oxygen atoms in total. The molecule has 1 heterocycles. The number of nitrogens with one attached hydrogen (secondary N) is 1. The summed E-state index contributed by atoms with van der Waals surface area (Å²) in [7, 11) is 0. The summed E-state index contributed by atoms with van der Waals surface area (Å²) in [6.45, 7) is 5.44. The highest BCUT2D eigenvalue weighted by atomic mass is 32.2. The molecule has 3 heteroatoms. The van der Waals surface area contributed by atoms with Crippen molar-refractivity contribution in [1.82, 2.24) is 5.32 Å². The maximum absolute atomic E-state index is 5.48. The molecular formula is C14H27NOS. The van der Waals surface area contributed by atoms with Crippen molar-refractivity contribution in [2.75, 3.05) is 26.0 Å². The Balaban J connectivity index is 1.78. The van der Waals surface area contributed by atoms with Gasteiger partial charge in [-0.15, -0.1) is 0 Å². The quantitative estimate of drug-likeness (QED) is 0.818. The third-order valence-corrected chi connectivity index (χ3v) is 6.03. The lowest BCUT2D eigenvalue weighted by Gasteiger charge is -2.37. The van der Waals surface area contributed by atoms with E-state index in [1.54, 1.807) is 0 Å². The van der Waals surface area contributed by atoms with Gasteiger partial charge in [-0.2, -0.15) is 11.8 Å². The van der Waals surface area contributed by atoms with Gasteiger partial charge in [-0.05, 0) is 38.4 Å².